The molecule has 3 N–H and O–H groups in total. The smallest absolute Gasteiger partial charge is 0.345 e. The van der Waals surface area contributed by atoms with E-state index in [4.69, 9.17) is 5.11 Å². The summed E-state index contributed by atoms with van der Waals surface area (Å²) < 4.78 is 0. The Kier molecular flexibility index (Phi) is 6.38. The third kappa shape index (κ3) is 5.29. The fourth-order valence-electron chi connectivity index (χ4n) is 1.35. The second-order valence-electron chi connectivity index (χ2n) is 3.85. The van der Waals surface area contributed by atoms with Crippen LogP contribution in [0.3, 0.4) is 0 Å². The first kappa shape index (κ1) is 14.7. The van der Waals surface area contributed by atoms with Crippen LogP contribution in [-0.2, 0) is 11.3 Å². The van der Waals surface area contributed by atoms with E-state index in [0.717, 1.165) is 11.3 Å². The molecule has 6 heteroatoms. The van der Waals surface area contributed by atoms with Crippen molar-refractivity contribution >= 4 is 23.2 Å². The number of carbonyl (C=O) groups is 2. The largest absolute Gasteiger partial charge is 0.477 e. The van der Waals surface area contributed by atoms with E-state index in [9.17, 15) is 9.59 Å². The van der Waals surface area contributed by atoms with E-state index in [1.807, 2.05) is 6.92 Å². The number of carbonyl (C=O) groups excluding carboxylic acids is 1. The summed E-state index contributed by atoms with van der Waals surface area (Å²) in [5, 5.41) is 14.7. The molecular formula is C12H18N2O3S. The molecule has 0 bridgehead atoms. The zero-order valence-corrected chi connectivity index (χ0v) is 11.2. The Labute approximate surface area is 110 Å². The Morgan fingerprint density at radius 3 is 2.72 bits per heavy atom. The maximum atomic E-state index is 11.3. The Balaban J connectivity index is 2.17. The Hall–Kier alpha value is -1.40. The Morgan fingerprint density at radius 1 is 1.33 bits per heavy atom. The second kappa shape index (κ2) is 7.84. The Bertz CT molecular complexity index is 404. The predicted octanol–water partition coefficient (Wildman–Crippen LogP) is 1.45. The molecule has 1 heterocycles. The van der Waals surface area contributed by atoms with Gasteiger partial charge in [-0.25, -0.2) is 4.79 Å². The zero-order chi connectivity index (χ0) is 13.4. The van der Waals surface area contributed by atoms with Crippen LogP contribution in [0.25, 0.3) is 0 Å². The first-order valence-electron chi connectivity index (χ1n) is 5.93. The van der Waals surface area contributed by atoms with Gasteiger partial charge >= 0.3 is 5.97 Å². The van der Waals surface area contributed by atoms with Crippen LogP contribution in [0.2, 0.25) is 0 Å². The normalized spacial score (nSPS) is 10.3. The number of carboxylic acids is 1. The van der Waals surface area contributed by atoms with Crippen LogP contribution in [0.4, 0.5) is 0 Å². The van der Waals surface area contributed by atoms with Crippen molar-refractivity contribution in [1.29, 1.82) is 0 Å². The van der Waals surface area contributed by atoms with E-state index in [1.54, 1.807) is 12.1 Å². The fourth-order valence-corrected chi connectivity index (χ4v) is 2.17. The molecule has 0 unspecified atom stereocenters. The summed E-state index contributed by atoms with van der Waals surface area (Å²) in [4.78, 5) is 23.3. The van der Waals surface area contributed by atoms with Gasteiger partial charge in [0.1, 0.15) is 4.88 Å². The van der Waals surface area contributed by atoms with Gasteiger partial charge in [0.2, 0.25) is 5.91 Å². The van der Waals surface area contributed by atoms with Gasteiger partial charge in [-0.15, -0.1) is 11.3 Å². The highest BCUT2D eigenvalue weighted by Gasteiger charge is 2.06. The molecule has 1 rings (SSSR count). The lowest BCUT2D eigenvalue weighted by Crippen LogP contribution is -2.27. The van der Waals surface area contributed by atoms with Gasteiger partial charge in [-0.3, -0.25) is 4.79 Å². The molecule has 100 valence electrons. The van der Waals surface area contributed by atoms with E-state index < -0.39 is 5.97 Å². The summed E-state index contributed by atoms with van der Waals surface area (Å²) in [5.74, 6) is -0.855. The molecule has 1 aromatic heterocycles. The molecule has 0 radical (unpaired) electrons. The SMILES string of the molecule is CCCNC(=O)CCNCc1ccc(C(=O)O)s1. The highest BCUT2D eigenvalue weighted by Crippen LogP contribution is 2.15. The number of hydrogen-bond acceptors (Lipinski definition) is 4. The first-order chi connectivity index (χ1) is 8.63. The monoisotopic (exact) mass is 270 g/mol. The zero-order valence-electron chi connectivity index (χ0n) is 10.4. The maximum Gasteiger partial charge on any atom is 0.345 e. The minimum Gasteiger partial charge on any atom is -0.477 e. The third-order valence-corrected chi connectivity index (χ3v) is 3.35. The van der Waals surface area contributed by atoms with Crippen LogP contribution < -0.4 is 10.6 Å². The average molecular weight is 270 g/mol. The molecule has 0 fully saturated rings. The van der Waals surface area contributed by atoms with Crippen LogP contribution in [0.1, 0.15) is 34.3 Å². The van der Waals surface area contributed by atoms with Crippen LogP contribution >= 0.6 is 11.3 Å². The van der Waals surface area contributed by atoms with Gasteiger partial charge in [0.15, 0.2) is 0 Å². The molecule has 0 saturated heterocycles. The minimum atomic E-state index is -0.898. The molecule has 0 aliphatic carbocycles. The summed E-state index contributed by atoms with van der Waals surface area (Å²) in [6.07, 6.45) is 1.38. The molecule has 0 aromatic carbocycles. The van der Waals surface area contributed by atoms with E-state index in [2.05, 4.69) is 10.6 Å². The van der Waals surface area contributed by atoms with Crippen molar-refractivity contribution < 1.29 is 14.7 Å². The van der Waals surface area contributed by atoms with Crippen LogP contribution in [0.5, 0.6) is 0 Å². The molecule has 1 amide bonds. The van der Waals surface area contributed by atoms with Crippen molar-refractivity contribution in [3.05, 3.63) is 21.9 Å². The van der Waals surface area contributed by atoms with E-state index in [-0.39, 0.29) is 5.91 Å². The molecule has 1 aromatic rings. The maximum absolute atomic E-state index is 11.3. The van der Waals surface area contributed by atoms with E-state index >= 15 is 0 Å². The topological polar surface area (TPSA) is 78.4 Å². The van der Waals surface area contributed by atoms with Gasteiger partial charge < -0.3 is 15.7 Å². The molecule has 0 atom stereocenters. The van der Waals surface area contributed by atoms with Crippen molar-refractivity contribution in [3.8, 4) is 0 Å². The minimum absolute atomic E-state index is 0.0433. The average Bonchev–Trinajstić information content (AvgIpc) is 2.81. The standard InChI is InChI=1S/C12H18N2O3S/c1-2-6-14-11(15)5-7-13-8-9-3-4-10(18-9)12(16)17/h3-4,13H,2,5-8H2,1H3,(H,14,15)(H,16,17). The van der Waals surface area contributed by atoms with Gasteiger partial charge in [0.05, 0.1) is 0 Å². The lowest BCUT2D eigenvalue weighted by molar-refractivity contribution is -0.120. The number of amides is 1. The van der Waals surface area contributed by atoms with Gasteiger partial charge in [-0.05, 0) is 18.6 Å². The molecule has 18 heavy (non-hydrogen) atoms. The lowest BCUT2D eigenvalue weighted by Gasteiger charge is -2.04. The van der Waals surface area contributed by atoms with Gasteiger partial charge in [0.25, 0.3) is 0 Å². The van der Waals surface area contributed by atoms with Crippen molar-refractivity contribution in [1.82, 2.24) is 10.6 Å². The van der Waals surface area contributed by atoms with Crippen molar-refractivity contribution in [2.24, 2.45) is 0 Å². The number of rotatable bonds is 8. The number of thiophene rings is 1. The van der Waals surface area contributed by atoms with Crippen molar-refractivity contribution in [2.45, 2.75) is 26.3 Å². The summed E-state index contributed by atoms with van der Waals surface area (Å²) in [6.45, 7) is 3.91. The quantitative estimate of drug-likeness (QED) is 0.625. The summed E-state index contributed by atoms with van der Waals surface area (Å²) in [6, 6.07) is 3.39. The van der Waals surface area contributed by atoms with Crippen molar-refractivity contribution in [3.63, 3.8) is 0 Å². The molecule has 5 nitrogen and oxygen atoms in total. The predicted molar refractivity (Wildman–Crippen MR) is 70.9 cm³/mol. The molecule has 0 spiro atoms. The van der Waals surface area contributed by atoms with Gasteiger partial charge in [0, 0.05) is 30.9 Å². The van der Waals surface area contributed by atoms with E-state index in [1.165, 1.54) is 11.3 Å². The summed E-state index contributed by atoms with van der Waals surface area (Å²) >= 11 is 1.25. The third-order valence-electron chi connectivity index (χ3n) is 2.27. The molecule has 0 aliphatic heterocycles. The van der Waals surface area contributed by atoms with Gasteiger partial charge in [-0.2, -0.15) is 0 Å². The highest BCUT2D eigenvalue weighted by atomic mass is 32.1. The van der Waals surface area contributed by atoms with E-state index in [0.29, 0.717) is 30.9 Å². The molecular weight excluding hydrogens is 252 g/mol. The van der Waals surface area contributed by atoms with Crippen molar-refractivity contribution in [2.75, 3.05) is 13.1 Å². The summed E-state index contributed by atoms with van der Waals surface area (Å²) in [5.41, 5.74) is 0. The lowest BCUT2D eigenvalue weighted by atomic mass is 10.3. The highest BCUT2D eigenvalue weighted by molar-refractivity contribution is 7.13. The number of aromatic carboxylic acids is 1. The molecule has 0 aliphatic rings. The number of hydrogen-bond donors (Lipinski definition) is 3. The van der Waals surface area contributed by atoms with Crippen LogP contribution in [0, 0.1) is 0 Å². The second-order valence-corrected chi connectivity index (χ2v) is 5.02. The Morgan fingerprint density at radius 2 is 2.11 bits per heavy atom. The summed E-state index contributed by atoms with van der Waals surface area (Å²) in [7, 11) is 0. The fraction of sp³-hybridized carbons (Fsp3) is 0.500. The number of nitrogens with one attached hydrogen (secondary N) is 2. The van der Waals surface area contributed by atoms with Crippen LogP contribution in [0.15, 0.2) is 12.1 Å². The van der Waals surface area contributed by atoms with Crippen LogP contribution in [-0.4, -0.2) is 30.1 Å². The van der Waals surface area contributed by atoms with Gasteiger partial charge in [-0.1, -0.05) is 6.92 Å². The molecule has 0 saturated carbocycles. The number of carboxylic acid groups (broad SMARTS) is 1. The first-order valence-corrected chi connectivity index (χ1v) is 6.74.